The van der Waals surface area contributed by atoms with Gasteiger partial charge in [0.1, 0.15) is 5.75 Å². The van der Waals surface area contributed by atoms with Crippen molar-refractivity contribution in [2.24, 2.45) is 17.6 Å². The maximum atomic E-state index is 13.0. The molecule has 4 N–H and O–H groups in total. The number of hydrogen-bond acceptors (Lipinski definition) is 7. The van der Waals surface area contributed by atoms with Crippen LogP contribution in [0.3, 0.4) is 0 Å². The number of rotatable bonds is 17. The molecule has 0 bridgehead atoms. The monoisotopic (exact) mass is 529 g/mol. The Bertz CT molecular complexity index is 739. The number of nitrogens with two attached hydrogens (primary N) is 1. The van der Waals surface area contributed by atoms with Crippen LogP contribution in [0, 0.1) is 11.8 Å². The number of ether oxygens (including phenoxy) is 3. The van der Waals surface area contributed by atoms with Gasteiger partial charge < -0.3 is 30.4 Å². The maximum Gasteiger partial charge on any atom is 0.255 e. The van der Waals surface area contributed by atoms with Gasteiger partial charge in [-0.1, -0.05) is 26.0 Å². The zero-order chi connectivity index (χ0) is 25.6. The summed E-state index contributed by atoms with van der Waals surface area (Å²) in [6.45, 7) is 8.19. The molecule has 36 heavy (non-hydrogen) atoms. The number of halogens is 1. The third kappa shape index (κ3) is 10.9. The summed E-state index contributed by atoms with van der Waals surface area (Å²) in [6, 6.07) is 7.32. The second kappa shape index (κ2) is 17.9. The van der Waals surface area contributed by atoms with Crippen molar-refractivity contribution in [3.63, 3.8) is 0 Å². The van der Waals surface area contributed by atoms with Crippen LogP contribution in [-0.4, -0.2) is 87.8 Å². The summed E-state index contributed by atoms with van der Waals surface area (Å²) < 4.78 is 16.3. The SMILES string of the molecule is COCCCCOc1ccccc1C(=O)NC[C@@H](C[C@H](N)[C@@H](O)CN1CCC[C@@H]1COC)C(C)C.Cl. The minimum Gasteiger partial charge on any atom is -0.493 e. The number of hydrogen-bond donors (Lipinski definition) is 3. The molecule has 0 radical (unpaired) electrons. The number of para-hydroxylation sites is 1. The molecule has 1 aromatic carbocycles. The highest BCUT2D eigenvalue weighted by Gasteiger charge is 2.29. The maximum absolute atomic E-state index is 13.0. The van der Waals surface area contributed by atoms with Crippen molar-refractivity contribution in [1.29, 1.82) is 0 Å². The van der Waals surface area contributed by atoms with Gasteiger partial charge in [-0.15, -0.1) is 12.4 Å². The smallest absolute Gasteiger partial charge is 0.255 e. The summed E-state index contributed by atoms with van der Waals surface area (Å²) in [5.74, 6) is 0.900. The van der Waals surface area contributed by atoms with Gasteiger partial charge in [0.2, 0.25) is 0 Å². The number of unbranched alkanes of at least 4 members (excludes halogenated alkanes) is 1. The average Bonchev–Trinajstić information content (AvgIpc) is 3.28. The van der Waals surface area contributed by atoms with Crippen molar-refractivity contribution in [2.75, 3.05) is 53.7 Å². The highest BCUT2D eigenvalue weighted by atomic mass is 35.5. The van der Waals surface area contributed by atoms with Crippen LogP contribution < -0.4 is 15.8 Å². The van der Waals surface area contributed by atoms with Gasteiger partial charge in [-0.05, 0) is 62.6 Å². The molecule has 0 aromatic heterocycles. The molecule has 0 saturated carbocycles. The van der Waals surface area contributed by atoms with Crippen LogP contribution in [0.4, 0.5) is 0 Å². The van der Waals surface area contributed by atoms with Gasteiger partial charge in [-0.2, -0.15) is 0 Å². The molecule has 208 valence electrons. The van der Waals surface area contributed by atoms with E-state index in [9.17, 15) is 9.90 Å². The molecule has 9 heteroatoms. The average molecular weight is 530 g/mol. The molecule has 2 rings (SSSR count). The van der Waals surface area contributed by atoms with Crippen molar-refractivity contribution < 1.29 is 24.1 Å². The van der Waals surface area contributed by atoms with Gasteiger partial charge in [0.05, 0.1) is 24.9 Å². The van der Waals surface area contributed by atoms with Crippen molar-refractivity contribution >= 4 is 18.3 Å². The molecule has 0 spiro atoms. The molecule has 1 saturated heterocycles. The van der Waals surface area contributed by atoms with Crippen LogP contribution in [0.25, 0.3) is 0 Å². The molecule has 8 nitrogen and oxygen atoms in total. The van der Waals surface area contributed by atoms with E-state index in [0.717, 1.165) is 32.2 Å². The molecular formula is C27H48ClN3O5. The van der Waals surface area contributed by atoms with Crippen molar-refractivity contribution in [3.05, 3.63) is 29.8 Å². The van der Waals surface area contributed by atoms with Gasteiger partial charge >= 0.3 is 0 Å². The first kappa shape index (κ1) is 32.6. The second-order valence-corrected chi connectivity index (χ2v) is 9.97. The van der Waals surface area contributed by atoms with E-state index in [1.54, 1.807) is 20.3 Å². The summed E-state index contributed by atoms with van der Waals surface area (Å²) in [5.41, 5.74) is 6.97. The Hall–Kier alpha value is -1.42. The molecule has 1 aliphatic rings. The minimum absolute atomic E-state index is 0. The van der Waals surface area contributed by atoms with Gasteiger partial charge in [-0.25, -0.2) is 0 Å². The van der Waals surface area contributed by atoms with Crippen LogP contribution in [0.2, 0.25) is 0 Å². The van der Waals surface area contributed by atoms with E-state index in [-0.39, 0.29) is 30.3 Å². The quantitative estimate of drug-likeness (QED) is 0.266. The normalized spacial score (nSPS) is 18.5. The molecule has 1 heterocycles. The van der Waals surface area contributed by atoms with Gasteiger partial charge in [0.15, 0.2) is 0 Å². The van der Waals surface area contributed by atoms with Gasteiger partial charge in [0, 0.05) is 46.0 Å². The van der Waals surface area contributed by atoms with Crippen LogP contribution in [-0.2, 0) is 9.47 Å². The fraction of sp³-hybridized carbons (Fsp3) is 0.741. The molecule has 4 atom stereocenters. The summed E-state index contributed by atoms with van der Waals surface area (Å²) in [4.78, 5) is 15.2. The van der Waals surface area contributed by atoms with Gasteiger partial charge in [0.25, 0.3) is 5.91 Å². The largest absolute Gasteiger partial charge is 0.493 e. The number of benzene rings is 1. The predicted molar refractivity (Wildman–Crippen MR) is 146 cm³/mol. The Kier molecular flexibility index (Phi) is 16.2. The number of amides is 1. The molecule has 1 amide bonds. The van der Waals surface area contributed by atoms with E-state index in [4.69, 9.17) is 19.9 Å². The molecule has 1 fully saturated rings. The van der Waals surface area contributed by atoms with Crippen LogP contribution in [0.15, 0.2) is 24.3 Å². The molecule has 1 aromatic rings. The number of likely N-dealkylation sites (tertiary alicyclic amines) is 1. The van der Waals surface area contributed by atoms with E-state index < -0.39 is 6.10 Å². The first-order valence-corrected chi connectivity index (χ1v) is 13.0. The lowest BCUT2D eigenvalue weighted by molar-refractivity contribution is 0.0527. The lowest BCUT2D eigenvalue weighted by Gasteiger charge is -2.31. The third-order valence-corrected chi connectivity index (χ3v) is 6.95. The van der Waals surface area contributed by atoms with Crippen LogP contribution in [0.5, 0.6) is 5.75 Å². The Morgan fingerprint density at radius 1 is 1.19 bits per heavy atom. The standard InChI is InChI=1S/C27H47N3O5.ClH/c1-20(2)21(16-24(28)25(31)18-30-13-9-10-22(30)19-34-4)17-29-27(32)23-11-5-6-12-26(23)35-15-8-7-14-33-3;/h5-6,11-12,20-22,24-25,31H,7-10,13-19,28H2,1-4H3,(H,29,32);1H/t21-,22-,24+,25+;/m1./s1. The van der Waals surface area contributed by atoms with E-state index in [0.29, 0.717) is 62.6 Å². The highest BCUT2D eigenvalue weighted by Crippen LogP contribution is 2.22. The third-order valence-electron chi connectivity index (χ3n) is 6.95. The Labute approximate surface area is 223 Å². The number of carbonyl (C=O) groups is 1. The number of carbonyl (C=O) groups excluding carboxylic acids is 1. The fourth-order valence-corrected chi connectivity index (χ4v) is 4.62. The highest BCUT2D eigenvalue weighted by molar-refractivity contribution is 5.96. The van der Waals surface area contributed by atoms with E-state index in [1.807, 2.05) is 18.2 Å². The number of nitrogens with one attached hydrogen (secondary N) is 1. The number of nitrogens with zero attached hydrogens (tertiary/aromatic N) is 1. The van der Waals surface area contributed by atoms with Crippen molar-refractivity contribution in [1.82, 2.24) is 10.2 Å². The first-order valence-electron chi connectivity index (χ1n) is 13.0. The summed E-state index contributed by atoms with van der Waals surface area (Å²) in [6.07, 6.45) is 4.01. The molecular weight excluding hydrogens is 482 g/mol. The zero-order valence-corrected chi connectivity index (χ0v) is 23.3. The summed E-state index contributed by atoms with van der Waals surface area (Å²) >= 11 is 0. The Morgan fingerprint density at radius 2 is 1.92 bits per heavy atom. The zero-order valence-electron chi connectivity index (χ0n) is 22.5. The van der Waals surface area contributed by atoms with E-state index >= 15 is 0 Å². The Morgan fingerprint density at radius 3 is 2.61 bits per heavy atom. The van der Waals surface area contributed by atoms with Crippen LogP contribution in [0.1, 0.15) is 56.3 Å². The van der Waals surface area contributed by atoms with Crippen molar-refractivity contribution in [3.8, 4) is 5.75 Å². The molecule has 0 aliphatic carbocycles. The minimum atomic E-state index is -0.614. The Balaban J connectivity index is 0.00000648. The van der Waals surface area contributed by atoms with Gasteiger partial charge in [-0.3, -0.25) is 9.69 Å². The van der Waals surface area contributed by atoms with E-state index in [2.05, 4.69) is 24.1 Å². The predicted octanol–water partition coefficient (Wildman–Crippen LogP) is 3.10. The van der Waals surface area contributed by atoms with E-state index in [1.165, 1.54) is 0 Å². The fourth-order valence-electron chi connectivity index (χ4n) is 4.62. The number of aliphatic hydroxyl groups excluding tert-OH is 1. The number of aliphatic hydroxyl groups is 1. The molecule has 1 aliphatic heterocycles. The lowest BCUT2D eigenvalue weighted by atomic mass is 9.87. The topological polar surface area (TPSA) is 106 Å². The summed E-state index contributed by atoms with van der Waals surface area (Å²) in [5, 5.41) is 13.9. The number of methoxy groups -OCH3 is 2. The summed E-state index contributed by atoms with van der Waals surface area (Å²) in [7, 11) is 3.40. The first-order chi connectivity index (χ1) is 16.9. The molecule has 0 unspecified atom stereocenters. The van der Waals surface area contributed by atoms with Crippen LogP contribution >= 0.6 is 12.4 Å². The van der Waals surface area contributed by atoms with Crippen molar-refractivity contribution in [2.45, 2.75) is 64.1 Å². The number of β-amino-alcohol motifs (C(OH)–C–C–N with tert-alkyl or cyclic N) is 1. The lowest BCUT2D eigenvalue weighted by Crippen LogP contribution is -2.47. The second-order valence-electron chi connectivity index (χ2n) is 9.97.